The predicted molar refractivity (Wildman–Crippen MR) is 111 cm³/mol. The van der Waals surface area contributed by atoms with E-state index in [2.05, 4.69) is 10.3 Å². The topological polar surface area (TPSA) is 81.9 Å². The third kappa shape index (κ3) is 4.56. The number of aromatic nitrogens is 2. The number of carbonyl (C=O) groups excluding carboxylic acids is 2. The second kappa shape index (κ2) is 9.23. The fraction of sp³-hybridized carbons (Fsp3) is 0.318. The number of ether oxygens (including phenoxy) is 2. The molecular formula is C22H25N3O4. The van der Waals surface area contributed by atoms with Gasteiger partial charge in [-0.15, -0.1) is 0 Å². The highest BCUT2D eigenvalue weighted by Gasteiger charge is 2.19. The number of hydrogen-bond donors (Lipinski definition) is 1. The van der Waals surface area contributed by atoms with E-state index in [-0.39, 0.29) is 5.91 Å². The van der Waals surface area contributed by atoms with E-state index >= 15 is 0 Å². The van der Waals surface area contributed by atoms with Gasteiger partial charge in [0, 0.05) is 11.9 Å². The van der Waals surface area contributed by atoms with Crippen LogP contribution in [0.4, 0.5) is 5.69 Å². The van der Waals surface area contributed by atoms with Gasteiger partial charge in [-0.25, -0.2) is 9.78 Å². The number of rotatable bonds is 8. The summed E-state index contributed by atoms with van der Waals surface area (Å²) in [5.41, 5.74) is 2.50. The normalized spacial score (nSPS) is 10.7. The van der Waals surface area contributed by atoms with Crippen molar-refractivity contribution in [2.45, 2.75) is 33.6 Å². The van der Waals surface area contributed by atoms with Crippen molar-refractivity contribution in [2.75, 3.05) is 18.5 Å². The molecule has 0 fully saturated rings. The van der Waals surface area contributed by atoms with Crippen LogP contribution in [0.15, 0.2) is 42.6 Å². The van der Waals surface area contributed by atoms with Crippen LogP contribution in [0.25, 0.3) is 5.65 Å². The molecule has 7 nitrogen and oxygen atoms in total. The third-order valence-electron chi connectivity index (χ3n) is 4.39. The minimum atomic E-state index is -0.401. The molecule has 0 atom stereocenters. The number of nitrogens with one attached hydrogen (secondary N) is 1. The number of amides is 1. The minimum absolute atomic E-state index is 0.319. The van der Waals surface area contributed by atoms with E-state index < -0.39 is 5.97 Å². The lowest BCUT2D eigenvalue weighted by molar-refractivity contribution is 0.0499. The molecule has 0 unspecified atom stereocenters. The number of pyridine rings is 1. The van der Waals surface area contributed by atoms with Crippen LogP contribution in [0.5, 0.6) is 5.75 Å². The molecule has 2 aromatic heterocycles. The summed E-state index contributed by atoms with van der Waals surface area (Å²) >= 11 is 0. The van der Waals surface area contributed by atoms with Crippen molar-refractivity contribution in [3.63, 3.8) is 0 Å². The summed E-state index contributed by atoms with van der Waals surface area (Å²) in [6.45, 7) is 6.60. The number of anilines is 1. The largest absolute Gasteiger partial charge is 0.490 e. The Hall–Kier alpha value is -3.35. The van der Waals surface area contributed by atoms with Gasteiger partial charge < -0.3 is 14.8 Å². The van der Waals surface area contributed by atoms with E-state index in [0.717, 1.165) is 12.8 Å². The minimum Gasteiger partial charge on any atom is -0.490 e. The van der Waals surface area contributed by atoms with Crippen LogP contribution in [-0.4, -0.2) is 34.5 Å². The summed E-state index contributed by atoms with van der Waals surface area (Å²) in [6, 6.07) is 10.3. The molecule has 0 aliphatic rings. The number of unbranched alkanes of at least 4 members (excludes halogenated alkanes) is 1. The number of nitrogens with zero attached hydrogens (tertiary/aromatic N) is 2. The molecule has 1 N–H and O–H groups in total. The van der Waals surface area contributed by atoms with E-state index in [4.69, 9.17) is 9.47 Å². The van der Waals surface area contributed by atoms with Crippen molar-refractivity contribution in [2.24, 2.45) is 0 Å². The zero-order valence-corrected chi connectivity index (χ0v) is 16.9. The van der Waals surface area contributed by atoms with Crippen LogP contribution >= 0.6 is 0 Å². The fourth-order valence-electron chi connectivity index (χ4n) is 3.00. The maximum atomic E-state index is 12.9. The molecule has 152 valence electrons. The van der Waals surface area contributed by atoms with E-state index in [1.165, 1.54) is 0 Å². The first-order valence-electron chi connectivity index (χ1n) is 9.74. The lowest BCUT2D eigenvalue weighted by atomic mass is 10.2. The summed E-state index contributed by atoms with van der Waals surface area (Å²) in [6.07, 6.45) is 3.54. The number of imidazole rings is 1. The molecule has 0 aliphatic carbocycles. The first-order chi connectivity index (χ1) is 14.0. The van der Waals surface area contributed by atoms with Gasteiger partial charge in [0.1, 0.15) is 5.69 Å². The Labute approximate surface area is 169 Å². The highest BCUT2D eigenvalue weighted by molar-refractivity contribution is 6.05. The molecule has 2 heterocycles. The summed E-state index contributed by atoms with van der Waals surface area (Å²) in [4.78, 5) is 29.6. The van der Waals surface area contributed by atoms with Gasteiger partial charge in [0.25, 0.3) is 5.91 Å². The smallest absolute Gasteiger partial charge is 0.338 e. The molecule has 0 bridgehead atoms. The zero-order chi connectivity index (χ0) is 20.8. The average Bonchev–Trinajstić information content (AvgIpc) is 3.05. The van der Waals surface area contributed by atoms with E-state index in [1.807, 2.05) is 26.0 Å². The molecule has 0 aliphatic heterocycles. The highest BCUT2D eigenvalue weighted by Crippen LogP contribution is 2.23. The van der Waals surface area contributed by atoms with Crippen LogP contribution in [0.3, 0.4) is 0 Å². The van der Waals surface area contributed by atoms with Crippen LogP contribution in [0.1, 0.15) is 53.2 Å². The van der Waals surface area contributed by atoms with Crippen molar-refractivity contribution in [3.8, 4) is 5.75 Å². The molecule has 0 radical (unpaired) electrons. The monoisotopic (exact) mass is 395 g/mol. The van der Waals surface area contributed by atoms with Gasteiger partial charge in [-0.2, -0.15) is 0 Å². The number of fused-ring (bicyclic) bond motifs is 1. The first-order valence-corrected chi connectivity index (χ1v) is 9.74. The molecule has 7 heteroatoms. The Morgan fingerprint density at radius 3 is 2.76 bits per heavy atom. The third-order valence-corrected chi connectivity index (χ3v) is 4.39. The SMILES string of the molecule is CCCCOC(=O)c1cccc(NC(=O)c2c(C)nc3c(OCC)cccn23)c1. The van der Waals surface area contributed by atoms with Gasteiger partial charge in [0.05, 0.1) is 24.5 Å². The maximum absolute atomic E-state index is 12.9. The van der Waals surface area contributed by atoms with Crippen LogP contribution in [0.2, 0.25) is 0 Å². The standard InChI is InChI=1S/C22H25N3O4/c1-4-6-13-29-22(27)16-9-7-10-17(14-16)24-21(26)19-15(3)23-20-18(28-5-2)11-8-12-25(19)20/h7-12,14H,4-6,13H2,1-3H3,(H,24,26). The van der Waals surface area contributed by atoms with E-state index in [0.29, 0.717) is 47.2 Å². The number of carbonyl (C=O) groups is 2. The van der Waals surface area contributed by atoms with Gasteiger partial charge in [0.15, 0.2) is 11.4 Å². The van der Waals surface area contributed by atoms with Crippen molar-refractivity contribution in [3.05, 3.63) is 59.5 Å². The van der Waals surface area contributed by atoms with E-state index in [1.54, 1.807) is 41.8 Å². The molecule has 29 heavy (non-hydrogen) atoms. The summed E-state index contributed by atoms with van der Waals surface area (Å²) < 4.78 is 12.5. The van der Waals surface area contributed by atoms with E-state index in [9.17, 15) is 9.59 Å². The Balaban J connectivity index is 1.82. The molecule has 1 aromatic carbocycles. The lowest BCUT2D eigenvalue weighted by Gasteiger charge is -2.09. The van der Waals surface area contributed by atoms with Crippen molar-refractivity contribution in [1.82, 2.24) is 9.38 Å². The molecule has 3 rings (SSSR count). The summed E-state index contributed by atoms with van der Waals surface area (Å²) in [5, 5.41) is 2.84. The second-order valence-corrected chi connectivity index (χ2v) is 6.57. The van der Waals surface area contributed by atoms with Gasteiger partial charge in [-0.3, -0.25) is 9.20 Å². The van der Waals surface area contributed by atoms with Crippen molar-refractivity contribution in [1.29, 1.82) is 0 Å². The quantitative estimate of drug-likeness (QED) is 0.455. The number of hydrogen-bond acceptors (Lipinski definition) is 5. The highest BCUT2D eigenvalue weighted by atomic mass is 16.5. The van der Waals surface area contributed by atoms with Crippen LogP contribution < -0.4 is 10.1 Å². The Kier molecular flexibility index (Phi) is 6.49. The molecular weight excluding hydrogens is 370 g/mol. The average molecular weight is 395 g/mol. The van der Waals surface area contributed by atoms with Gasteiger partial charge >= 0.3 is 5.97 Å². The number of esters is 1. The zero-order valence-electron chi connectivity index (χ0n) is 16.9. The maximum Gasteiger partial charge on any atom is 0.338 e. The Bertz CT molecular complexity index is 1030. The first kappa shape index (κ1) is 20.4. The molecule has 0 saturated heterocycles. The number of aryl methyl sites for hydroxylation is 1. The van der Waals surface area contributed by atoms with Crippen molar-refractivity contribution >= 4 is 23.2 Å². The molecule has 3 aromatic rings. The van der Waals surface area contributed by atoms with Gasteiger partial charge in [-0.1, -0.05) is 19.4 Å². The van der Waals surface area contributed by atoms with Gasteiger partial charge in [-0.05, 0) is 50.6 Å². The lowest BCUT2D eigenvalue weighted by Crippen LogP contribution is -2.16. The van der Waals surface area contributed by atoms with Crippen LogP contribution in [0, 0.1) is 6.92 Å². The van der Waals surface area contributed by atoms with Gasteiger partial charge in [0.2, 0.25) is 0 Å². The Morgan fingerprint density at radius 1 is 1.17 bits per heavy atom. The van der Waals surface area contributed by atoms with Crippen LogP contribution in [-0.2, 0) is 4.74 Å². The molecule has 0 saturated carbocycles. The molecule has 0 spiro atoms. The second-order valence-electron chi connectivity index (χ2n) is 6.57. The van der Waals surface area contributed by atoms with Crippen molar-refractivity contribution < 1.29 is 19.1 Å². The summed E-state index contributed by atoms with van der Waals surface area (Å²) in [7, 11) is 0. The Morgan fingerprint density at radius 2 is 2.00 bits per heavy atom. The number of benzene rings is 1. The summed E-state index contributed by atoms with van der Waals surface area (Å²) in [5.74, 6) is -0.101. The predicted octanol–water partition coefficient (Wildman–Crippen LogP) is 4.25. The fourth-order valence-corrected chi connectivity index (χ4v) is 3.00. The molecule has 1 amide bonds.